The van der Waals surface area contributed by atoms with Crippen LogP contribution in [0, 0.1) is 0 Å². The zero-order chi connectivity index (χ0) is 17.5. The fraction of sp³-hybridized carbons (Fsp3) is 0.375. The van der Waals surface area contributed by atoms with E-state index in [1.165, 1.54) is 24.3 Å². The summed E-state index contributed by atoms with van der Waals surface area (Å²) in [6.07, 6.45) is -1.01. The van der Waals surface area contributed by atoms with Crippen molar-refractivity contribution in [3.05, 3.63) is 29.8 Å². The van der Waals surface area contributed by atoms with E-state index in [-0.39, 0.29) is 24.3 Å². The number of phenols is 2. The molecule has 1 unspecified atom stereocenters. The molecule has 4 N–H and O–H groups in total. The number of carbonyl (C=O) groups is 2. The van der Waals surface area contributed by atoms with Gasteiger partial charge in [0.05, 0.1) is 6.10 Å². The smallest absolute Gasteiger partial charge is 0.338 e. The first kappa shape index (κ1) is 16.3. The molecule has 8 nitrogen and oxygen atoms in total. The molecule has 1 saturated carbocycles. The SMILES string of the molecule is O=C(/C=C/c1ccc(O)c(O)c1)O[C@H]1C2C[C@@](O)(C[C@@H]1O)C(=O)O2. The lowest BCUT2D eigenvalue weighted by molar-refractivity contribution is -0.165. The monoisotopic (exact) mass is 336 g/mol. The van der Waals surface area contributed by atoms with E-state index in [2.05, 4.69) is 0 Å². The molecular weight excluding hydrogens is 320 g/mol. The maximum atomic E-state index is 11.9. The van der Waals surface area contributed by atoms with Gasteiger partial charge in [-0.1, -0.05) is 6.07 Å². The largest absolute Gasteiger partial charge is 0.504 e. The van der Waals surface area contributed by atoms with Crippen molar-refractivity contribution in [2.45, 2.75) is 36.8 Å². The fourth-order valence-electron chi connectivity index (χ4n) is 2.90. The van der Waals surface area contributed by atoms with Crippen LogP contribution in [0.2, 0.25) is 0 Å². The van der Waals surface area contributed by atoms with Gasteiger partial charge in [-0.25, -0.2) is 9.59 Å². The summed E-state index contributed by atoms with van der Waals surface area (Å²) in [6, 6.07) is 4.00. The van der Waals surface area contributed by atoms with Gasteiger partial charge >= 0.3 is 11.9 Å². The standard InChI is InChI=1S/C16H16O8/c17-9-3-1-8(5-10(9)18)2-4-13(20)24-14-11(19)6-16(22)7-12(14)23-15(16)21/h1-5,11-12,14,17-19,22H,6-7H2/b4-2+/t11-,12?,14+,16-/m0/s1. The van der Waals surface area contributed by atoms with Crippen LogP contribution in [0.4, 0.5) is 0 Å². The van der Waals surface area contributed by atoms with Crippen LogP contribution in [0.1, 0.15) is 18.4 Å². The van der Waals surface area contributed by atoms with Crippen molar-refractivity contribution in [1.29, 1.82) is 0 Å². The number of hydrogen-bond acceptors (Lipinski definition) is 8. The highest BCUT2D eigenvalue weighted by atomic mass is 16.6. The number of hydrogen-bond donors (Lipinski definition) is 4. The van der Waals surface area contributed by atoms with Crippen LogP contribution < -0.4 is 0 Å². The number of fused-ring (bicyclic) bond motifs is 2. The normalized spacial score (nSPS) is 31.9. The Morgan fingerprint density at radius 3 is 2.75 bits per heavy atom. The number of aromatic hydroxyl groups is 2. The maximum Gasteiger partial charge on any atom is 0.338 e. The van der Waals surface area contributed by atoms with E-state index >= 15 is 0 Å². The van der Waals surface area contributed by atoms with Crippen molar-refractivity contribution in [2.24, 2.45) is 0 Å². The molecule has 2 aliphatic rings. The van der Waals surface area contributed by atoms with Crippen molar-refractivity contribution in [2.75, 3.05) is 0 Å². The molecule has 128 valence electrons. The summed E-state index contributed by atoms with van der Waals surface area (Å²) >= 11 is 0. The van der Waals surface area contributed by atoms with Crippen LogP contribution in [0.15, 0.2) is 24.3 Å². The molecule has 1 heterocycles. The molecule has 8 heteroatoms. The van der Waals surface area contributed by atoms with Gasteiger partial charge in [-0.3, -0.25) is 0 Å². The van der Waals surface area contributed by atoms with Crippen LogP contribution in [-0.4, -0.2) is 56.3 Å². The Balaban J connectivity index is 1.65. The Bertz CT molecular complexity index is 712. The Kier molecular flexibility index (Phi) is 3.94. The number of rotatable bonds is 3. The second-order valence-corrected chi connectivity index (χ2v) is 5.93. The van der Waals surface area contributed by atoms with Gasteiger partial charge in [-0.05, 0) is 23.8 Å². The molecule has 1 aromatic carbocycles. The summed E-state index contributed by atoms with van der Waals surface area (Å²) < 4.78 is 10.1. The first-order chi connectivity index (χ1) is 11.3. The molecule has 0 amide bonds. The zero-order valence-corrected chi connectivity index (χ0v) is 12.5. The molecule has 0 aromatic heterocycles. The van der Waals surface area contributed by atoms with E-state index in [4.69, 9.17) is 9.47 Å². The Hall–Kier alpha value is -2.58. The van der Waals surface area contributed by atoms with Crippen molar-refractivity contribution in [3.63, 3.8) is 0 Å². The number of benzene rings is 1. The maximum absolute atomic E-state index is 11.9. The number of esters is 2. The minimum Gasteiger partial charge on any atom is -0.504 e. The minimum atomic E-state index is -1.72. The second kappa shape index (κ2) is 5.81. The quantitative estimate of drug-likeness (QED) is 0.340. The van der Waals surface area contributed by atoms with E-state index < -0.39 is 35.9 Å². The van der Waals surface area contributed by atoms with Gasteiger partial charge in [0.1, 0.15) is 6.10 Å². The summed E-state index contributed by atoms with van der Waals surface area (Å²) in [6.45, 7) is 0. The molecule has 24 heavy (non-hydrogen) atoms. The average molecular weight is 336 g/mol. The summed E-state index contributed by atoms with van der Waals surface area (Å²) in [7, 11) is 0. The number of ether oxygens (including phenoxy) is 2. The molecular formula is C16H16O8. The molecule has 1 saturated heterocycles. The van der Waals surface area contributed by atoms with Gasteiger partial charge in [0.2, 0.25) is 0 Å². The Morgan fingerprint density at radius 2 is 2.04 bits per heavy atom. The predicted molar refractivity (Wildman–Crippen MR) is 78.8 cm³/mol. The van der Waals surface area contributed by atoms with E-state index in [0.29, 0.717) is 5.56 Å². The second-order valence-electron chi connectivity index (χ2n) is 5.93. The van der Waals surface area contributed by atoms with Gasteiger partial charge in [-0.2, -0.15) is 0 Å². The van der Waals surface area contributed by atoms with Crippen LogP contribution >= 0.6 is 0 Å². The van der Waals surface area contributed by atoms with Crippen molar-refractivity contribution < 1.29 is 39.5 Å². The molecule has 2 bridgehead atoms. The van der Waals surface area contributed by atoms with Crippen LogP contribution in [0.3, 0.4) is 0 Å². The van der Waals surface area contributed by atoms with E-state index in [0.717, 1.165) is 6.08 Å². The lowest BCUT2D eigenvalue weighted by Gasteiger charge is -2.32. The summed E-state index contributed by atoms with van der Waals surface area (Å²) in [5.41, 5.74) is -1.26. The number of carbonyl (C=O) groups excluding carboxylic acids is 2. The molecule has 1 aromatic rings. The minimum absolute atomic E-state index is 0.0314. The molecule has 0 spiro atoms. The Labute approximate surface area is 136 Å². The third kappa shape index (κ3) is 2.93. The summed E-state index contributed by atoms with van der Waals surface area (Å²) in [5, 5.41) is 38.5. The summed E-state index contributed by atoms with van der Waals surface area (Å²) in [4.78, 5) is 23.4. The van der Waals surface area contributed by atoms with Gasteiger partial charge in [0, 0.05) is 18.9 Å². The van der Waals surface area contributed by atoms with Gasteiger partial charge in [0.25, 0.3) is 0 Å². The molecule has 4 atom stereocenters. The Morgan fingerprint density at radius 1 is 1.29 bits per heavy atom. The number of aliphatic hydroxyl groups excluding tert-OH is 1. The first-order valence-corrected chi connectivity index (χ1v) is 7.31. The highest BCUT2D eigenvalue weighted by Gasteiger charge is 2.58. The van der Waals surface area contributed by atoms with Crippen molar-refractivity contribution in [1.82, 2.24) is 0 Å². The van der Waals surface area contributed by atoms with Crippen LogP contribution in [-0.2, 0) is 19.1 Å². The van der Waals surface area contributed by atoms with Gasteiger partial charge in [0.15, 0.2) is 23.2 Å². The zero-order valence-electron chi connectivity index (χ0n) is 12.5. The van der Waals surface area contributed by atoms with Crippen LogP contribution in [0.25, 0.3) is 6.08 Å². The number of aliphatic hydroxyl groups is 2. The van der Waals surface area contributed by atoms with Crippen LogP contribution in [0.5, 0.6) is 11.5 Å². The highest BCUT2D eigenvalue weighted by molar-refractivity contribution is 5.87. The third-order valence-corrected chi connectivity index (χ3v) is 4.13. The summed E-state index contributed by atoms with van der Waals surface area (Å²) in [5.74, 6) is -2.21. The lowest BCUT2D eigenvalue weighted by Crippen LogP contribution is -2.50. The van der Waals surface area contributed by atoms with E-state index in [1.54, 1.807) is 0 Å². The highest BCUT2D eigenvalue weighted by Crippen LogP contribution is 2.39. The molecule has 1 aliphatic heterocycles. The van der Waals surface area contributed by atoms with Gasteiger partial charge in [-0.15, -0.1) is 0 Å². The lowest BCUT2D eigenvalue weighted by atomic mass is 9.82. The first-order valence-electron chi connectivity index (χ1n) is 7.31. The van der Waals surface area contributed by atoms with Gasteiger partial charge < -0.3 is 29.9 Å². The third-order valence-electron chi connectivity index (χ3n) is 4.13. The average Bonchev–Trinajstić information content (AvgIpc) is 2.76. The van der Waals surface area contributed by atoms with Crippen molar-refractivity contribution >= 4 is 18.0 Å². The van der Waals surface area contributed by atoms with E-state index in [9.17, 15) is 30.0 Å². The molecule has 3 rings (SSSR count). The topological polar surface area (TPSA) is 134 Å². The molecule has 1 aliphatic carbocycles. The van der Waals surface area contributed by atoms with Crippen molar-refractivity contribution in [3.8, 4) is 11.5 Å². The van der Waals surface area contributed by atoms with E-state index in [1.807, 2.05) is 0 Å². The molecule has 0 radical (unpaired) electrons. The molecule has 2 fully saturated rings. The number of phenolic OH excluding ortho intramolecular Hbond substituents is 2. The predicted octanol–water partition coefficient (Wildman–Crippen LogP) is -0.166. The fourth-order valence-corrected chi connectivity index (χ4v) is 2.90.